The van der Waals surface area contributed by atoms with Gasteiger partial charge in [-0.2, -0.15) is 8.42 Å². The van der Waals surface area contributed by atoms with Crippen LogP contribution in [0.4, 0.5) is 5.69 Å². The van der Waals surface area contributed by atoms with Crippen LogP contribution in [0.15, 0.2) is 27.5 Å². The van der Waals surface area contributed by atoms with Crippen molar-refractivity contribution in [3.63, 3.8) is 0 Å². The van der Waals surface area contributed by atoms with Crippen LogP contribution in [0, 0.1) is 5.21 Å². The van der Waals surface area contributed by atoms with E-state index in [4.69, 9.17) is 11.6 Å². The maximum Gasteiger partial charge on any atom is 0.287 e. The van der Waals surface area contributed by atoms with Crippen LogP contribution in [-0.4, -0.2) is 57.2 Å². The molecule has 2 aliphatic rings. The van der Waals surface area contributed by atoms with E-state index in [0.29, 0.717) is 36.9 Å². The van der Waals surface area contributed by atoms with Gasteiger partial charge in [0.1, 0.15) is 4.90 Å². The molecule has 0 unspecified atom stereocenters. The lowest BCUT2D eigenvalue weighted by Gasteiger charge is -2.46. The number of quaternary nitrogens is 1. The lowest BCUT2D eigenvalue weighted by Crippen LogP contribution is -2.56. The van der Waals surface area contributed by atoms with Crippen molar-refractivity contribution in [3.8, 4) is 0 Å². The summed E-state index contributed by atoms with van der Waals surface area (Å²) >= 11 is 5.83. The van der Waals surface area contributed by atoms with Crippen molar-refractivity contribution < 1.29 is 13.1 Å². The highest BCUT2D eigenvalue weighted by Gasteiger charge is 2.30. The fourth-order valence-corrected chi connectivity index (χ4v) is 3.75. The minimum Gasteiger partial charge on any atom is -0.633 e. The third kappa shape index (κ3) is 2.84. The summed E-state index contributed by atoms with van der Waals surface area (Å²) in [7, 11) is -2.16. The third-order valence-electron chi connectivity index (χ3n) is 3.66. The largest absolute Gasteiger partial charge is 0.633 e. The molecule has 7 nitrogen and oxygen atoms in total. The monoisotopic (exact) mass is 330 g/mol. The van der Waals surface area contributed by atoms with Gasteiger partial charge in [0.2, 0.25) is 5.96 Å². The molecule has 0 aromatic heterocycles. The molecule has 1 saturated heterocycles. The maximum atomic E-state index is 12.2. The van der Waals surface area contributed by atoms with Crippen LogP contribution in [0.3, 0.4) is 0 Å². The fraction of sp³-hybridized carbons (Fsp3) is 0.417. The zero-order chi connectivity index (χ0) is 15.3. The van der Waals surface area contributed by atoms with E-state index in [1.807, 2.05) is 0 Å². The predicted octanol–water partition coefficient (Wildman–Crippen LogP) is 1.07. The van der Waals surface area contributed by atoms with E-state index in [2.05, 4.69) is 9.71 Å². The van der Waals surface area contributed by atoms with Crippen LogP contribution < -0.4 is 5.32 Å². The molecule has 0 amide bonds. The number of piperazine rings is 1. The van der Waals surface area contributed by atoms with Crippen molar-refractivity contribution >= 4 is 33.3 Å². The van der Waals surface area contributed by atoms with Gasteiger partial charge < -0.3 is 20.1 Å². The quantitative estimate of drug-likeness (QED) is 0.568. The first-order valence-electron chi connectivity index (χ1n) is 6.49. The lowest BCUT2D eigenvalue weighted by atomic mass is 10.3. The van der Waals surface area contributed by atoms with Gasteiger partial charge >= 0.3 is 0 Å². The van der Waals surface area contributed by atoms with Crippen LogP contribution in [0.25, 0.3) is 0 Å². The number of nitrogens with one attached hydrogen (secondary N) is 1. The summed E-state index contributed by atoms with van der Waals surface area (Å²) in [5.41, 5.74) is 0.453. The summed E-state index contributed by atoms with van der Waals surface area (Å²) in [6.45, 7) is 1.72. The maximum absolute atomic E-state index is 12.2. The molecule has 1 aromatic rings. The first-order valence-corrected chi connectivity index (χ1v) is 8.31. The van der Waals surface area contributed by atoms with Crippen molar-refractivity contribution in [2.24, 2.45) is 4.40 Å². The SMILES string of the molecule is C[N+]1([O-])CCN(C2=NS(=O)(=O)c3cc(Cl)ccc3N2)CC1. The van der Waals surface area contributed by atoms with Gasteiger partial charge in [0.05, 0.1) is 38.9 Å². The molecule has 0 bridgehead atoms. The molecular formula is C12H15ClN4O3S. The molecule has 114 valence electrons. The second-order valence-electron chi connectivity index (χ2n) is 5.39. The van der Waals surface area contributed by atoms with E-state index in [0.717, 1.165) is 0 Å². The molecule has 2 heterocycles. The van der Waals surface area contributed by atoms with E-state index in [-0.39, 0.29) is 15.5 Å². The van der Waals surface area contributed by atoms with Gasteiger partial charge in [-0.15, -0.1) is 4.40 Å². The number of hydrogen-bond donors (Lipinski definition) is 1. The van der Waals surface area contributed by atoms with Crippen LogP contribution >= 0.6 is 11.6 Å². The molecule has 1 fully saturated rings. The Morgan fingerprint density at radius 2 is 2.05 bits per heavy atom. The Hall–Kier alpha value is -1.35. The molecule has 1 N–H and O–H groups in total. The summed E-state index contributed by atoms with van der Waals surface area (Å²) in [6, 6.07) is 4.61. The number of sulfonamides is 1. The molecule has 9 heteroatoms. The zero-order valence-corrected chi connectivity index (χ0v) is 13.0. The molecule has 0 saturated carbocycles. The predicted molar refractivity (Wildman–Crippen MR) is 80.6 cm³/mol. The minimum atomic E-state index is -3.78. The number of guanidine groups is 1. The van der Waals surface area contributed by atoms with Gasteiger partial charge in [0.15, 0.2) is 0 Å². The minimum absolute atomic E-state index is 0.0696. The standard InChI is InChI=1S/C12H15ClN4O3S/c1-17(18)6-4-16(5-7-17)12-14-10-3-2-9(13)8-11(10)21(19,20)15-12/h2-3,8H,4-7H2,1H3,(H,14,15). The number of fused-ring (bicyclic) bond motifs is 1. The third-order valence-corrected chi connectivity index (χ3v) is 5.20. The highest BCUT2D eigenvalue weighted by molar-refractivity contribution is 7.90. The van der Waals surface area contributed by atoms with Crippen molar-refractivity contribution in [2.75, 3.05) is 38.5 Å². The van der Waals surface area contributed by atoms with Gasteiger partial charge in [-0.05, 0) is 18.2 Å². The van der Waals surface area contributed by atoms with E-state index < -0.39 is 10.0 Å². The molecule has 21 heavy (non-hydrogen) atoms. The Morgan fingerprint density at radius 3 is 2.71 bits per heavy atom. The van der Waals surface area contributed by atoms with E-state index >= 15 is 0 Å². The first kappa shape index (κ1) is 14.6. The molecule has 1 aromatic carbocycles. The van der Waals surface area contributed by atoms with Crippen LogP contribution in [0.2, 0.25) is 5.02 Å². The van der Waals surface area contributed by atoms with Gasteiger partial charge in [0, 0.05) is 5.02 Å². The molecule has 0 atom stereocenters. The van der Waals surface area contributed by atoms with Crippen LogP contribution in [-0.2, 0) is 10.0 Å². The average molecular weight is 331 g/mol. The van der Waals surface area contributed by atoms with Crippen molar-refractivity contribution in [1.82, 2.24) is 4.90 Å². The Labute approximate surface area is 128 Å². The Balaban J connectivity index is 1.91. The normalized spacial score (nSPS) is 23.0. The number of hydrogen-bond acceptors (Lipinski definition) is 5. The smallest absolute Gasteiger partial charge is 0.287 e. The summed E-state index contributed by atoms with van der Waals surface area (Å²) in [5.74, 6) is 0.268. The highest BCUT2D eigenvalue weighted by atomic mass is 35.5. The number of benzene rings is 1. The molecule has 3 rings (SSSR count). The second-order valence-corrected chi connectivity index (χ2v) is 7.40. The van der Waals surface area contributed by atoms with Gasteiger partial charge in [-0.1, -0.05) is 11.6 Å². The second kappa shape index (κ2) is 4.84. The molecule has 0 spiro atoms. The molecule has 0 aliphatic carbocycles. The van der Waals surface area contributed by atoms with E-state index in [9.17, 15) is 13.6 Å². The number of likely N-dealkylation sites (N-methyl/N-ethyl adjacent to an activating group) is 1. The van der Waals surface area contributed by atoms with Gasteiger partial charge in [-0.3, -0.25) is 0 Å². The summed E-state index contributed by atoms with van der Waals surface area (Å²) < 4.78 is 27.9. The Bertz CT molecular complexity index is 707. The van der Waals surface area contributed by atoms with Crippen LogP contribution in [0.5, 0.6) is 0 Å². The number of anilines is 1. The van der Waals surface area contributed by atoms with Crippen LogP contribution in [0.1, 0.15) is 0 Å². The fourth-order valence-electron chi connectivity index (χ4n) is 2.36. The summed E-state index contributed by atoms with van der Waals surface area (Å²) in [6.07, 6.45) is 0. The van der Waals surface area contributed by atoms with E-state index in [1.54, 1.807) is 24.1 Å². The number of hydroxylamine groups is 3. The topological polar surface area (TPSA) is 84.8 Å². The zero-order valence-electron chi connectivity index (χ0n) is 11.4. The number of halogens is 1. The number of rotatable bonds is 0. The van der Waals surface area contributed by atoms with Crippen molar-refractivity contribution in [3.05, 3.63) is 28.4 Å². The summed E-state index contributed by atoms with van der Waals surface area (Å²) in [4.78, 5) is 1.85. The molecular weight excluding hydrogens is 316 g/mol. The molecule has 0 radical (unpaired) electrons. The van der Waals surface area contributed by atoms with E-state index in [1.165, 1.54) is 6.07 Å². The molecule has 2 aliphatic heterocycles. The van der Waals surface area contributed by atoms with Gasteiger partial charge in [0.25, 0.3) is 10.0 Å². The summed E-state index contributed by atoms with van der Waals surface area (Å²) in [5, 5.41) is 15.2. The van der Waals surface area contributed by atoms with Crippen molar-refractivity contribution in [2.45, 2.75) is 4.90 Å². The van der Waals surface area contributed by atoms with Gasteiger partial charge in [-0.25, -0.2) is 0 Å². The lowest BCUT2D eigenvalue weighted by molar-refractivity contribution is -0.864. The Morgan fingerprint density at radius 1 is 1.38 bits per heavy atom. The number of nitrogens with zero attached hydrogens (tertiary/aromatic N) is 3. The first-order chi connectivity index (χ1) is 9.77. The average Bonchev–Trinajstić information content (AvgIpc) is 2.39. The Kier molecular flexibility index (Phi) is 3.36. The highest BCUT2D eigenvalue weighted by Crippen LogP contribution is 2.30. The van der Waals surface area contributed by atoms with Crippen molar-refractivity contribution in [1.29, 1.82) is 0 Å².